The number of fused-ring (bicyclic) bond motifs is 1. The second-order valence-electron chi connectivity index (χ2n) is 8.39. The van der Waals surface area contributed by atoms with Gasteiger partial charge in [0.2, 0.25) is 0 Å². The van der Waals surface area contributed by atoms with Crippen molar-refractivity contribution in [1.82, 2.24) is 19.5 Å². The lowest BCUT2D eigenvalue weighted by Crippen LogP contribution is -2.34. The number of hydrogen-bond acceptors (Lipinski definition) is 9. The topological polar surface area (TPSA) is 146 Å². The van der Waals surface area contributed by atoms with E-state index in [9.17, 15) is 15.0 Å². The zero-order valence-corrected chi connectivity index (χ0v) is 18.7. The van der Waals surface area contributed by atoms with E-state index >= 15 is 0 Å². The molecule has 0 unspecified atom stereocenters. The van der Waals surface area contributed by atoms with Gasteiger partial charge >= 0.3 is 5.97 Å². The van der Waals surface area contributed by atoms with Gasteiger partial charge in [-0.3, -0.25) is 9.36 Å². The van der Waals surface area contributed by atoms with Crippen LogP contribution in [0, 0.1) is 0 Å². The average Bonchev–Trinajstić information content (AvgIpc) is 3.33. The largest absolute Gasteiger partial charge is 0.463 e. The highest BCUT2D eigenvalue weighted by atomic mass is 16.6. The molecule has 0 aromatic carbocycles. The van der Waals surface area contributed by atoms with Crippen LogP contribution in [0.1, 0.15) is 77.4 Å². The molecule has 3 heterocycles. The molecule has 0 bridgehead atoms. The summed E-state index contributed by atoms with van der Waals surface area (Å²) >= 11 is 0. The molecular weight excluding hydrogens is 414 g/mol. The third-order valence-electron chi connectivity index (χ3n) is 5.89. The van der Waals surface area contributed by atoms with E-state index in [2.05, 4.69) is 21.9 Å². The Kier molecular flexibility index (Phi) is 9.19. The highest BCUT2D eigenvalue weighted by Gasteiger charge is 2.44. The standard InChI is InChI=1S/C22H35N5O5/c1-2-3-4-5-6-7-8-9-10-11-16(28)31-12-15-18(29)19(30)22(32-15)27-14-26-17-20(23)24-13-25-21(17)27/h13-15,18-19,22,29-30H,2-12H2,1H3,(H2,23,24,25)/t15-,18-,19-,22-/m1/s1. The molecule has 2 aromatic heterocycles. The Morgan fingerprint density at radius 2 is 1.75 bits per heavy atom. The number of ether oxygens (including phenoxy) is 2. The molecule has 10 nitrogen and oxygen atoms in total. The Bertz CT molecular complexity index is 860. The number of hydrogen-bond donors (Lipinski definition) is 3. The molecule has 1 saturated heterocycles. The van der Waals surface area contributed by atoms with Crippen LogP contribution >= 0.6 is 0 Å². The van der Waals surface area contributed by atoms with Gasteiger partial charge in [0.05, 0.1) is 6.33 Å². The Morgan fingerprint density at radius 3 is 2.47 bits per heavy atom. The maximum atomic E-state index is 12.0. The number of aliphatic hydroxyl groups is 2. The van der Waals surface area contributed by atoms with Gasteiger partial charge < -0.3 is 25.4 Å². The number of imidazole rings is 1. The molecular formula is C22H35N5O5. The van der Waals surface area contributed by atoms with Crippen molar-refractivity contribution in [2.24, 2.45) is 0 Å². The Hall–Kier alpha value is -2.30. The monoisotopic (exact) mass is 449 g/mol. The maximum absolute atomic E-state index is 12.0. The first-order valence-electron chi connectivity index (χ1n) is 11.6. The molecule has 4 N–H and O–H groups in total. The fourth-order valence-corrected chi connectivity index (χ4v) is 3.98. The predicted molar refractivity (Wildman–Crippen MR) is 118 cm³/mol. The number of aliphatic hydroxyl groups excluding tert-OH is 2. The summed E-state index contributed by atoms with van der Waals surface area (Å²) in [5, 5.41) is 20.8. The number of carbonyl (C=O) groups excluding carboxylic acids is 1. The number of nitrogen functional groups attached to an aromatic ring is 1. The molecule has 1 aliphatic heterocycles. The normalized spacial score (nSPS) is 23.1. The maximum Gasteiger partial charge on any atom is 0.305 e. The highest BCUT2D eigenvalue weighted by molar-refractivity contribution is 5.81. The summed E-state index contributed by atoms with van der Waals surface area (Å²) in [5.74, 6) is -0.112. The lowest BCUT2D eigenvalue weighted by Gasteiger charge is -2.16. The van der Waals surface area contributed by atoms with Gasteiger partial charge in [0.15, 0.2) is 17.7 Å². The molecule has 32 heavy (non-hydrogen) atoms. The van der Waals surface area contributed by atoms with E-state index in [4.69, 9.17) is 15.2 Å². The zero-order chi connectivity index (χ0) is 22.9. The SMILES string of the molecule is CCCCCCCCCCCC(=O)OC[C@H]1O[C@@H](n2cnc3c(N)ncnc32)[C@H](O)[C@@H]1O. The third-order valence-corrected chi connectivity index (χ3v) is 5.89. The molecule has 3 rings (SSSR count). The molecule has 0 aliphatic carbocycles. The highest BCUT2D eigenvalue weighted by Crippen LogP contribution is 2.32. The van der Waals surface area contributed by atoms with Gasteiger partial charge in [0.1, 0.15) is 36.8 Å². The second-order valence-corrected chi connectivity index (χ2v) is 8.39. The molecule has 1 aliphatic rings. The number of nitrogens with zero attached hydrogens (tertiary/aromatic N) is 4. The number of esters is 1. The van der Waals surface area contributed by atoms with Crippen molar-refractivity contribution < 1.29 is 24.5 Å². The minimum absolute atomic E-state index is 0.130. The van der Waals surface area contributed by atoms with Crippen LogP contribution in [0.3, 0.4) is 0 Å². The van der Waals surface area contributed by atoms with Gasteiger partial charge in [-0.05, 0) is 6.42 Å². The molecule has 0 saturated carbocycles. The minimum atomic E-state index is -1.23. The van der Waals surface area contributed by atoms with E-state index in [1.54, 1.807) is 0 Å². The van der Waals surface area contributed by atoms with Gasteiger partial charge in [-0.2, -0.15) is 0 Å². The van der Waals surface area contributed by atoms with Crippen molar-refractivity contribution in [2.45, 2.75) is 95.7 Å². The molecule has 178 valence electrons. The second kappa shape index (κ2) is 12.1. The lowest BCUT2D eigenvalue weighted by atomic mass is 10.1. The number of rotatable bonds is 13. The van der Waals surface area contributed by atoms with Crippen LogP contribution in [0.15, 0.2) is 12.7 Å². The molecule has 0 radical (unpaired) electrons. The van der Waals surface area contributed by atoms with Gasteiger partial charge in [-0.15, -0.1) is 0 Å². The van der Waals surface area contributed by atoms with Crippen LogP contribution in [0.5, 0.6) is 0 Å². The van der Waals surface area contributed by atoms with E-state index in [0.29, 0.717) is 17.6 Å². The number of aromatic nitrogens is 4. The first-order valence-corrected chi connectivity index (χ1v) is 11.6. The van der Waals surface area contributed by atoms with Gasteiger partial charge in [-0.25, -0.2) is 15.0 Å². The van der Waals surface area contributed by atoms with Crippen molar-refractivity contribution in [1.29, 1.82) is 0 Å². The van der Waals surface area contributed by atoms with Crippen molar-refractivity contribution in [3.8, 4) is 0 Å². The van der Waals surface area contributed by atoms with Gasteiger partial charge in [-0.1, -0.05) is 58.3 Å². The smallest absolute Gasteiger partial charge is 0.305 e. The summed E-state index contributed by atoms with van der Waals surface area (Å²) in [6, 6.07) is 0. The summed E-state index contributed by atoms with van der Waals surface area (Å²) in [4.78, 5) is 24.2. The van der Waals surface area contributed by atoms with Crippen LogP contribution in [0.4, 0.5) is 5.82 Å². The predicted octanol–water partition coefficient (Wildman–Crippen LogP) is 2.49. The van der Waals surface area contributed by atoms with Crippen molar-refractivity contribution in [3.05, 3.63) is 12.7 Å². The molecule has 4 atom stereocenters. The molecule has 0 amide bonds. The van der Waals surface area contributed by atoms with Crippen molar-refractivity contribution in [3.63, 3.8) is 0 Å². The van der Waals surface area contributed by atoms with E-state index in [1.165, 1.54) is 55.7 Å². The van der Waals surface area contributed by atoms with Crippen LogP contribution < -0.4 is 5.73 Å². The first kappa shape index (κ1) is 24.3. The minimum Gasteiger partial charge on any atom is -0.463 e. The van der Waals surface area contributed by atoms with Crippen molar-refractivity contribution in [2.75, 3.05) is 12.3 Å². The third kappa shape index (κ3) is 6.14. The Morgan fingerprint density at radius 1 is 1.06 bits per heavy atom. The van der Waals surface area contributed by atoms with Crippen LogP contribution in [-0.4, -0.2) is 60.6 Å². The Labute approximate surface area is 188 Å². The molecule has 10 heteroatoms. The molecule has 2 aromatic rings. The number of anilines is 1. The summed E-state index contributed by atoms with van der Waals surface area (Å²) in [6.45, 7) is 2.08. The summed E-state index contributed by atoms with van der Waals surface area (Å²) in [7, 11) is 0. The quantitative estimate of drug-likeness (QED) is 0.310. The van der Waals surface area contributed by atoms with E-state index in [-0.39, 0.29) is 18.4 Å². The summed E-state index contributed by atoms with van der Waals surface area (Å²) < 4.78 is 12.5. The summed E-state index contributed by atoms with van der Waals surface area (Å²) in [6.07, 6.45) is 9.40. The fourth-order valence-electron chi connectivity index (χ4n) is 3.98. The molecule has 1 fully saturated rings. The molecule has 0 spiro atoms. The van der Waals surface area contributed by atoms with Gasteiger partial charge in [0, 0.05) is 6.42 Å². The van der Waals surface area contributed by atoms with Crippen LogP contribution in [-0.2, 0) is 14.3 Å². The van der Waals surface area contributed by atoms with Crippen LogP contribution in [0.25, 0.3) is 11.2 Å². The number of nitrogens with two attached hydrogens (primary N) is 1. The first-order chi connectivity index (χ1) is 15.5. The van der Waals surface area contributed by atoms with Crippen LogP contribution in [0.2, 0.25) is 0 Å². The number of carbonyl (C=O) groups is 1. The average molecular weight is 450 g/mol. The van der Waals surface area contributed by atoms with E-state index in [0.717, 1.165) is 19.3 Å². The lowest BCUT2D eigenvalue weighted by molar-refractivity contribution is -0.150. The zero-order valence-electron chi connectivity index (χ0n) is 18.7. The van der Waals surface area contributed by atoms with E-state index in [1.807, 2.05) is 0 Å². The van der Waals surface area contributed by atoms with E-state index < -0.39 is 24.5 Å². The fraction of sp³-hybridized carbons (Fsp3) is 0.727. The van der Waals surface area contributed by atoms with Gasteiger partial charge in [0.25, 0.3) is 0 Å². The van der Waals surface area contributed by atoms with Crippen molar-refractivity contribution >= 4 is 23.0 Å². The number of unbranched alkanes of at least 4 members (excludes halogenated alkanes) is 8. The Balaban J connectivity index is 1.38. The summed E-state index contributed by atoms with van der Waals surface area (Å²) in [5.41, 5.74) is 6.56.